The molecule has 2 aromatic heterocycles. The van der Waals surface area contributed by atoms with Crippen molar-refractivity contribution in [2.75, 3.05) is 26.2 Å². The molecule has 4 aliphatic rings. The van der Waals surface area contributed by atoms with Gasteiger partial charge < -0.3 is 19.5 Å². The topological polar surface area (TPSA) is 116 Å². The Morgan fingerprint density at radius 3 is 2.52 bits per heavy atom. The monoisotopic (exact) mass is 603 g/mol. The lowest BCUT2D eigenvalue weighted by molar-refractivity contribution is -0.146. The zero-order valence-electron chi connectivity index (χ0n) is 22.3. The number of rotatable bonds is 6. The third-order valence-electron chi connectivity index (χ3n) is 9.65. The number of thiazole rings is 1. The number of halogens is 2. The molecule has 40 heavy (non-hydrogen) atoms. The number of carbonyl (C=O) groups excluding carboxylic acids is 1. The van der Waals surface area contributed by atoms with E-state index in [-0.39, 0.29) is 28.6 Å². The molecule has 12 heteroatoms. The van der Waals surface area contributed by atoms with E-state index in [1.165, 1.54) is 11.3 Å². The van der Waals surface area contributed by atoms with Crippen molar-refractivity contribution >= 4 is 40.4 Å². The first kappa shape index (κ1) is 26.8. The van der Waals surface area contributed by atoms with Crippen molar-refractivity contribution in [2.24, 2.45) is 16.7 Å². The highest BCUT2D eigenvalue weighted by molar-refractivity contribution is 7.09. The lowest BCUT2D eigenvalue weighted by Crippen LogP contribution is -2.62. The Labute approximate surface area is 246 Å². The van der Waals surface area contributed by atoms with E-state index >= 15 is 0 Å². The highest BCUT2D eigenvalue weighted by atomic mass is 35.5. The fraction of sp³-hybridized carbons (Fsp3) is 0.571. The van der Waals surface area contributed by atoms with Crippen LogP contribution in [0.1, 0.15) is 67.5 Å². The van der Waals surface area contributed by atoms with Crippen molar-refractivity contribution in [3.05, 3.63) is 62.2 Å². The van der Waals surface area contributed by atoms with E-state index in [1.807, 2.05) is 15.9 Å². The maximum Gasteiger partial charge on any atom is 0.227 e. The molecule has 1 spiro atoms. The first-order valence-corrected chi connectivity index (χ1v) is 15.2. The number of aliphatic hydroxyl groups is 2. The fourth-order valence-corrected chi connectivity index (χ4v) is 7.94. The normalized spacial score (nSPS) is 31.1. The summed E-state index contributed by atoms with van der Waals surface area (Å²) in [5, 5.41) is 31.4. The van der Waals surface area contributed by atoms with Crippen molar-refractivity contribution in [2.45, 2.75) is 56.8 Å². The Morgan fingerprint density at radius 2 is 1.90 bits per heavy atom. The molecule has 9 nitrogen and oxygen atoms in total. The average molecular weight is 605 g/mol. The van der Waals surface area contributed by atoms with Gasteiger partial charge in [-0.1, -0.05) is 43.1 Å². The van der Waals surface area contributed by atoms with E-state index in [0.717, 1.165) is 16.9 Å². The Kier molecular flexibility index (Phi) is 6.17. The van der Waals surface area contributed by atoms with Gasteiger partial charge in [-0.05, 0) is 42.4 Å². The van der Waals surface area contributed by atoms with E-state index in [1.54, 1.807) is 23.8 Å². The quantitative estimate of drug-likeness (QED) is 0.430. The molecule has 4 fully saturated rings. The minimum atomic E-state index is -0.798. The molecule has 212 valence electrons. The second kappa shape index (κ2) is 9.21. The van der Waals surface area contributed by atoms with Crippen molar-refractivity contribution in [1.29, 1.82) is 0 Å². The van der Waals surface area contributed by atoms with Gasteiger partial charge in [0.1, 0.15) is 6.23 Å². The SMILES string of the molecule is CC1(C)C[C@@H]1C(=O)N1CC2(C1)CN(C(O)c1cncs1)CC2c1nnc(C2(c3ccc(Cl)c(Cl)c3)CC(O)C2)o1. The van der Waals surface area contributed by atoms with Gasteiger partial charge in [-0.25, -0.2) is 0 Å². The number of nitrogens with zero attached hydrogens (tertiary/aromatic N) is 5. The maximum absolute atomic E-state index is 13.2. The Morgan fingerprint density at radius 1 is 1.15 bits per heavy atom. The Bertz CT molecular complexity index is 1450. The fourth-order valence-electron chi connectivity index (χ4n) is 7.01. The summed E-state index contributed by atoms with van der Waals surface area (Å²) in [7, 11) is 0. The highest BCUT2D eigenvalue weighted by Gasteiger charge is 2.62. The van der Waals surface area contributed by atoms with Crippen molar-refractivity contribution < 1.29 is 19.4 Å². The molecule has 4 heterocycles. The summed E-state index contributed by atoms with van der Waals surface area (Å²) in [6.07, 6.45) is 2.22. The van der Waals surface area contributed by atoms with Crippen LogP contribution in [0.2, 0.25) is 10.0 Å². The second-order valence-electron chi connectivity index (χ2n) is 12.8. The highest BCUT2D eigenvalue weighted by Crippen LogP contribution is 2.57. The minimum absolute atomic E-state index is 0.0664. The molecule has 3 atom stereocenters. The second-order valence-corrected chi connectivity index (χ2v) is 14.5. The lowest BCUT2D eigenvalue weighted by Gasteiger charge is -2.50. The summed E-state index contributed by atoms with van der Waals surface area (Å²) in [6.45, 7) is 6.56. The van der Waals surface area contributed by atoms with Crippen LogP contribution in [0.4, 0.5) is 0 Å². The molecule has 0 bridgehead atoms. The molecule has 3 aromatic rings. The number of hydrogen-bond acceptors (Lipinski definition) is 9. The summed E-state index contributed by atoms with van der Waals surface area (Å²) in [4.78, 5) is 22.0. The lowest BCUT2D eigenvalue weighted by atomic mass is 9.62. The largest absolute Gasteiger partial charge is 0.424 e. The molecule has 0 radical (unpaired) electrons. The van der Waals surface area contributed by atoms with Crippen LogP contribution in [0.3, 0.4) is 0 Å². The zero-order chi connectivity index (χ0) is 28.0. The van der Waals surface area contributed by atoms with E-state index < -0.39 is 17.7 Å². The van der Waals surface area contributed by atoms with E-state index in [9.17, 15) is 15.0 Å². The van der Waals surface area contributed by atoms with Crippen LogP contribution in [-0.2, 0) is 10.2 Å². The predicted octanol–water partition coefficient (Wildman–Crippen LogP) is 4.24. The van der Waals surface area contributed by atoms with Gasteiger partial charge in [0.05, 0.1) is 37.9 Å². The van der Waals surface area contributed by atoms with Gasteiger partial charge in [-0.3, -0.25) is 14.7 Å². The molecular weight excluding hydrogens is 573 g/mol. The molecular formula is C28H31Cl2N5O4S. The molecule has 2 unspecified atom stereocenters. The average Bonchev–Trinajstić information content (AvgIpc) is 3.41. The first-order valence-electron chi connectivity index (χ1n) is 13.6. The van der Waals surface area contributed by atoms with Crippen LogP contribution in [-0.4, -0.2) is 73.4 Å². The van der Waals surface area contributed by atoms with Gasteiger partial charge in [-0.2, -0.15) is 0 Å². The van der Waals surface area contributed by atoms with Crippen LogP contribution in [0.15, 0.2) is 34.3 Å². The summed E-state index contributed by atoms with van der Waals surface area (Å²) in [6, 6.07) is 5.44. The summed E-state index contributed by atoms with van der Waals surface area (Å²) in [5.74, 6) is 1.06. The van der Waals surface area contributed by atoms with Crippen LogP contribution < -0.4 is 0 Å². The Hall–Kier alpha value is -2.08. The van der Waals surface area contributed by atoms with Crippen molar-refractivity contribution in [3.8, 4) is 0 Å². The number of carbonyl (C=O) groups is 1. The van der Waals surface area contributed by atoms with Gasteiger partial charge in [0.2, 0.25) is 17.7 Å². The third kappa shape index (κ3) is 4.14. The number of benzene rings is 1. The van der Waals surface area contributed by atoms with Crippen LogP contribution in [0, 0.1) is 16.7 Å². The van der Waals surface area contributed by atoms with Crippen molar-refractivity contribution in [1.82, 2.24) is 25.0 Å². The summed E-state index contributed by atoms with van der Waals surface area (Å²) < 4.78 is 6.46. The van der Waals surface area contributed by atoms with Crippen LogP contribution in [0.5, 0.6) is 0 Å². The van der Waals surface area contributed by atoms with Gasteiger partial charge >= 0.3 is 0 Å². The van der Waals surface area contributed by atoms with E-state index in [0.29, 0.717) is 60.8 Å². The molecule has 2 saturated heterocycles. The van der Waals surface area contributed by atoms with Gasteiger partial charge in [0, 0.05) is 43.7 Å². The van der Waals surface area contributed by atoms with E-state index in [4.69, 9.17) is 27.6 Å². The predicted molar refractivity (Wildman–Crippen MR) is 149 cm³/mol. The van der Waals surface area contributed by atoms with Gasteiger partial charge in [0.15, 0.2) is 0 Å². The van der Waals surface area contributed by atoms with Crippen molar-refractivity contribution in [3.63, 3.8) is 0 Å². The number of hydrogen-bond donors (Lipinski definition) is 2. The first-order chi connectivity index (χ1) is 19.0. The molecule has 2 saturated carbocycles. The molecule has 2 aliphatic carbocycles. The van der Waals surface area contributed by atoms with Crippen LogP contribution >= 0.6 is 34.5 Å². The number of aliphatic hydroxyl groups excluding tert-OH is 2. The smallest absolute Gasteiger partial charge is 0.227 e. The zero-order valence-corrected chi connectivity index (χ0v) is 24.6. The van der Waals surface area contributed by atoms with E-state index in [2.05, 4.69) is 29.0 Å². The number of likely N-dealkylation sites (tertiary alicyclic amines) is 2. The molecule has 2 N–H and O–H groups in total. The molecule has 1 aromatic carbocycles. The maximum atomic E-state index is 13.2. The summed E-state index contributed by atoms with van der Waals surface area (Å²) >= 11 is 13.9. The number of amides is 1. The summed E-state index contributed by atoms with van der Waals surface area (Å²) in [5.41, 5.74) is 1.70. The Balaban J connectivity index is 1.19. The minimum Gasteiger partial charge on any atom is -0.424 e. The molecule has 2 aliphatic heterocycles. The van der Waals surface area contributed by atoms with Gasteiger partial charge in [0.25, 0.3) is 0 Å². The third-order valence-corrected chi connectivity index (χ3v) is 11.2. The van der Waals surface area contributed by atoms with Crippen LogP contribution in [0.25, 0.3) is 0 Å². The standard InChI is InChI=1S/C28H31Cl2N5O4S/c1-26(2)8-17(26)23(37)35-12-27(13-35)11-34(24(38)21-9-31-14-40-21)10-18(27)22-32-33-25(39-22)28(6-16(36)7-28)15-3-4-19(29)20(30)5-15/h3-5,9,14,16-18,24,36,38H,6-8,10-13H2,1-2H3/t16?,17-,18?,24?,28?/m1/s1. The van der Waals surface area contributed by atoms with Gasteiger partial charge in [-0.15, -0.1) is 21.5 Å². The number of aromatic nitrogens is 3. The molecule has 7 rings (SSSR count). The molecule has 1 amide bonds.